The van der Waals surface area contributed by atoms with E-state index >= 15 is 0 Å². The third-order valence-corrected chi connectivity index (χ3v) is 5.75. The Balaban J connectivity index is 1.53. The van der Waals surface area contributed by atoms with Crippen molar-refractivity contribution in [2.75, 3.05) is 0 Å². The van der Waals surface area contributed by atoms with Crippen molar-refractivity contribution in [2.45, 2.75) is 37.9 Å². The minimum atomic E-state index is 0.0578. The van der Waals surface area contributed by atoms with E-state index in [1.165, 1.54) is 22.3 Å². The molecule has 2 atom stereocenters. The Kier molecular flexibility index (Phi) is 7.68. The summed E-state index contributed by atoms with van der Waals surface area (Å²) < 4.78 is 6.87. The van der Waals surface area contributed by atoms with Crippen molar-refractivity contribution in [1.82, 2.24) is 0 Å². The molecule has 0 saturated heterocycles. The van der Waals surface area contributed by atoms with Gasteiger partial charge in [0.2, 0.25) is 0 Å². The van der Waals surface area contributed by atoms with E-state index in [4.69, 9.17) is 4.74 Å². The topological polar surface area (TPSA) is 9.23 Å². The van der Waals surface area contributed by atoms with Crippen molar-refractivity contribution < 1.29 is 4.74 Å². The summed E-state index contributed by atoms with van der Waals surface area (Å²) in [6, 6.07) is 42.7. The van der Waals surface area contributed by atoms with E-state index in [9.17, 15) is 0 Å². The van der Waals surface area contributed by atoms with Crippen molar-refractivity contribution in [2.24, 2.45) is 0 Å². The smallest absolute Gasteiger partial charge is 0.0836 e. The van der Waals surface area contributed by atoms with Gasteiger partial charge in [0.05, 0.1) is 12.2 Å². The molecule has 0 radical (unpaired) electrons. The van der Waals surface area contributed by atoms with Gasteiger partial charge in [-0.25, -0.2) is 0 Å². The molecule has 0 N–H and O–H groups in total. The third-order valence-electron chi connectivity index (χ3n) is 5.75. The molecule has 0 bridgehead atoms. The van der Waals surface area contributed by atoms with Gasteiger partial charge in [0.1, 0.15) is 0 Å². The van der Waals surface area contributed by atoms with Crippen LogP contribution in [0.5, 0.6) is 0 Å². The summed E-state index contributed by atoms with van der Waals surface area (Å²) in [5.41, 5.74) is 5.21. The normalized spacial score (nSPS) is 12.9. The van der Waals surface area contributed by atoms with Gasteiger partial charge in [-0.2, -0.15) is 0 Å². The van der Waals surface area contributed by atoms with Crippen LogP contribution in [0.3, 0.4) is 0 Å². The second kappa shape index (κ2) is 11.3. The molecule has 0 aromatic heterocycles. The van der Waals surface area contributed by atoms with Crippen LogP contribution in [0.15, 0.2) is 121 Å². The van der Waals surface area contributed by atoms with E-state index in [1.807, 2.05) is 0 Å². The van der Waals surface area contributed by atoms with Gasteiger partial charge in [-0.1, -0.05) is 121 Å². The Morgan fingerprint density at radius 3 is 1.10 bits per heavy atom. The average molecular weight is 407 g/mol. The Labute approximate surface area is 186 Å². The summed E-state index contributed by atoms with van der Waals surface area (Å²) >= 11 is 0. The molecule has 0 spiro atoms. The fraction of sp³-hybridized carbons (Fsp3) is 0.200. The van der Waals surface area contributed by atoms with E-state index in [2.05, 4.69) is 121 Å². The summed E-state index contributed by atoms with van der Waals surface area (Å²) in [5, 5.41) is 0. The first-order valence-corrected chi connectivity index (χ1v) is 11.2. The molecular weight excluding hydrogens is 376 g/mol. The average Bonchev–Trinajstić information content (AvgIpc) is 2.86. The van der Waals surface area contributed by atoms with E-state index in [1.54, 1.807) is 0 Å². The number of benzene rings is 4. The molecule has 4 aromatic rings. The first-order chi connectivity index (χ1) is 15.4. The summed E-state index contributed by atoms with van der Waals surface area (Å²) in [6.45, 7) is 0. The molecule has 0 heterocycles. The van der Waals surface area contributed by atoms with Crippen LogP contribution in [0.4, 0.5) is 0 Å². The molecule has 0 amide bonds. The van der Waals surface area contributed by atoms with Gasteiger partial charge in [-0.05, 0) is 47.9 Å². The minimum Gasteiger partial charge on any atom is -0.366 e. The van der Waals surface area contributed by atoms with Crippen LogP contribution in [0.2, 0.25) is 0 Å². The Hall–Kier alpha value is -3.16. The number of rotatable bonds is 10. The van der Waals surface area contributed by atoms with Gasteiger partial charge in [-0.3, -0.25) is 0 Å². The lowest BCUT2D eigenvalue weighted by atomic mass is 9.98. The molecule has 1 heteroatoms. The lowest BCUT2D eigenvalue weighted by Crippen LogP contribution is -2.13. The summed E-state index contributed by atoms with van der Waals surface area (Å²) in [5.74, 6) is 0. The standard InChI is InChI=1S/C30H30O/c1-5-13-25(14-6-1)21-23-29(27-17-9-3-10-18-27)31-30(28-19-11-4-12-20-28)24-22-26-15-7-2-8-16-26/h1-20,29-30H,21-24H2. The van der Waals surface area contributed by atoms with Gasteiger partial charge in [-0.15, -0.1) is 0 Å². The lowest BCUT2D eigenvalue weighted by Gasteiger charge is -2.26. The van der Waals surface area contributed by atoms with E-state index in [0.717, 1.165) is 25.7 Å². The molecule has 156 valence electrons. The number of aryl methyl sites for hydroxylation is 2. The predicted octanol–water partition coefficient (Wildman–Crippen LogP) is 7.75. The van der Waals surface area contributed by atoms with Crippen LogP contribution in [-0.4, -0.2) is 0 Å². The van der Waals surface area contributed by atoms with Crippen LogP contribution in [0, 0.1) is 0 Å². The van der Waals surface area contributed by atoms with E-state index < -0.39 is 0 Å². The molecule has 0 aliphatic rings. The van der Waals surface area contributed by atoms with Crippen LogP contribution in [0.1, 0.15) is 47.3 Å². The summed E-state index contributed by atoms with van der Waals surface area (Å²) in [6.07, 6.45) is 4.04. The van der Waals surface area contributed by atoms with Gasteiger partial charge in [0.15, 0.2) is 0 Å². The van der Waals surface area contributed by atoms with Gasteiger partial charge in [0.25, 0.3) is 0 Å². The van der Waals surface area contributed by atoms with Crippen molar-refractivity contribution in [3.05, 3.63) is 144 Å². The second-order valence-electron chi connectivity index (χ2n) is 7.98. The summed E-state index contributed by atoms with van der Waals surface area (Å²) in [7, 11) is 0. The maximum absolute atomic E-state index is 6.87. The quantitative estimate of drug-likeness (QED) is 0.261. The molecule has 4 rings (SSSR count). The molecule has 0 aliphatic carbocycles. The fourth-order valence-corrected chi connectivity index (χ4v) is 4.05. The predicted molar refractivity (Wildman–Crippen MR) is 129 cm³/mol. The highest BCUT2D eigenvalue weighted by molar-refractivity contribution is 5.22. The first kappa shape index (κ1) is 21.1. The van der Waals surface area contributed by atoms with Crippen LogP contribution in [0.25, 0.3) is 0 Å². The maximum atomic E-state index is 6.87. The molecule has 0 saturated carbocycles. The van der Waals surface area contributed by atoms with E-state index in [-0.39, 0.29) is 12.2 Å². The Morgan fingerprint density at radius 2 is 0.742 bits per heavy atom. The molecule has 0 aliphatic heterocycles. The zero-order valence-electron chi connectivity index (χ0n) is 17.9. The van der Waals surface area contributed by atoms with E-state index in [0.29, 0.717) is 0 Å². The highest BCUT2D eigenvalue weighted by Gasteiger charge is 2.20. The lowest BCUT2D eigenvalue weighted by molar-refractivity contribution is -0.0237. The van der Waals surface area contributed by atoms with Crippen molar-refractivity contribution in [3.8, 4) is 0 Å². The highest BCUT2D eigenvalue weighted by Crippen LogP contribution is 2.33. The fourth-order valence-electron chi connectivity index (χ4n) is 4.05. The molecule has 1 nitrogen and oxygen atoms in total. The van der Waals surface area contributed by atoms with Crippen molar-refractivity contribution in [1.29, 1.82) is 0 Å². The molecular formula is C30H30O. The van der Waals surface area contributed by atoms with Crippen LogP contribution >= 0.6 is 0 Å². The molecule has 4 aromatic carbocycles. The number of hydrogen-bond acceptors (Lipinski definition) is 1. The zero-order chi connectivity index (χ0) is 21.1. The summed E-state index contributed by atoms with van der Waals surface area (Å²) in [4.78, 5) is 0. The zero-order valence-corrected chi connectivity index (χ0v) is 17.9. The monoisotopic (exact) mass is 406 g/mol. The largest absolute Gasteiger partial charge is 0.366 e. The van der Waals surface area contributed by atoms with Gasteiger partial charge < -0.3 is 4.74 Å². The molecule has 31 heavy (non-hydrogen) atoms. The first-order valence-electron chi connectivity index (χ1n) is 11.2. The van der Waals surface area contributed by atoms with Crippen molar-refractivity contribution >= 4 is 0 Å². The molecule has 0 fully saturated rings. The Morgan fingerprint density at radius 1 is 0.419 bits per heavy atom. The number of ether oxygens (including phenoxy) is 1. The maximum Gasteiger partial charge on any atom is 0.0836 e. The third kappa shape index (κ3) is 6.41. The van der Waals surface area contributed by atoms with Crippen LogP contribution in [-0.2, 0) is 17.6 Å². The van der Waals surface area contributed by atoms with Crippen molar-refractivity contribution in [3.63, 3.8) is 0 Å². The van der Waals surface area contributed by atoms with Crippen LogP contribution < -0.4 is 0 Å². The number of hydrogen-bond donors (Lipinski definition) is 0. The Bertz CT molecular complexity index is 912. The second-order valence-corrected chi connectivity index (χ2v) is 7.98. The van der Waals surface area contributed by atoms with Gasteiger partial charge in [0, 0.05) is 0 Å². The highest BCUT2D eigenvalue weighted by atomic mass is 16.5. The van der Waals surface area contributed by atoms with Gasteiger partial charge >= 0.3 is 0 Å². The molecule has 2 unspecified atom stereocenters. The minimum absolute atomic E-state index is 0.0578. The SMILES string of the molecule is c1ccc(CCC(OC(CCc2ccccc2)c2ccccc2)c2ccccc2)cc1.